The van der Waals surface area contributed by atoms with E-state index in [2.05, 4.69) is 15.3 Å². The lowest BCUT2D eigenvalue weighted by Gasteiger charge is -2.17. The second kappa shape index (κ2) is 5.52. The van der Waals surface area contributed by atoms with Gasteiger partial charge in [0.2, 0.25) is 5.88 Å². The normalized spacial score (nSPS) is 16.4. The molecule has 1 aliphatic carbocycles. The minimum atomic E-state index is 0.401. The van der Waals surface area contributed by atoms with Crippen LogP contribution in [0.25, 0.3) is 0 Å². The Hall–Kier alpha value is -1.36. The van der Waals surface area contributed by atoms with Crippen LogP contribution in [0.2, 0.25) is 0 Å². The summed E-state index contributed by atoms with van der Waals surface area (Å²) in [5, 5.41) is 3.41. The Balaban J connectivity index is 1.99. The summed E-state index contributed by atoms with van der Waals surface area (Å²) in [6.07, 6.45) is 5.16. The highest BCUT2D eigenvalue weighted by atomic mass is 16.5. The van der Waals surface area contributed by atoms with Crippen LogP contribution in [-0.4, -0.2) is 29.7 Å². The zero-order chi connectivity index (χ0) is 13.0. The van der Waals surface area contributed by atoms with Crippen molar-refractivity contribution in [2.24, 2.45) is 11.1 Å². The lowest BCUT2D eigenvalue weighted by molar-refractivity contribution is 0.323. The molecule has 0 bridgehead atoms. The molecule has 0 amide bonds. The number of aromatic nitrogens is 2. The van der Waals surface area contributed by atoms with E-state index in [1.54, 1.807) is 6.33 Å². The van der Waals surface area contributed by atoms with Crippen LogP contribution >= 0.6 is 0 Å². The molecule has 0 radical (unpaired) electrons. The first-order chi connectivity index (χ1) is 8.71. The maximum atomic E-state index is 5.64. The van der Waals surface area contributed by atoms with Gasteiger partial charge in [0.1, 0.15) is 12.1 Å². The summed E-state index contributed by atoms with van der Waals surface area (Å²) in [5.74, 6) is 1.54. The maximum absolute atomic E-state index is 5.64. The molecule has 18 heavy (non-hydrogen) atoms. The third-order valence-corrected chi connectivity index (χ3v) is 3.58. The highest BCUT2D eigenvalue weighted by molar-refractivity contribution is 5.47. The van der Waals surface area contributed by atoms with Crippen molar-refractivity contribution in [1.29, 1.82) is 0 Å². The average molecular weight is 250 g/mol. The number of anilines is 1. The lowest BCUT2D eigenvalue weighted by Crippen LogP contribution is -2.20. The number of nitrogens with one attached hydrogen (secondary N) is 1. The standard InChI is InChI=1S/C13H22N4O/c1-3-18-12-10(2)11(16-9-17-12)15-8-13(4-5-13)6-7-14/h9H,3-8,14H2,1-2H3,(H,15,16,17). The fourth-order valence-corrected chi connectivity index (χ4v) is 2.16. The van der Waals surface area contributed by atoms with Gasteiger partial charge in [-0.25, -0.2) is 9.97 Å². The third-order valence-electron chi connectivity index (χ3n) is 3.58. The van der Waals surface area contributed by atoms with E-state index in [-0.39, 0.29) is 0 Å². The number of nitrogens with zero attached hydrogens (tertiary/aromatic N) is 2. The second-order valence-corrected chi connectivity index (χ2v) is 4.98. The molecular formula is C13H22N4O. The predicted octanol–water partition coefficient (Wildman–Crippen LogP) is 1.72. The summed E-state index contributed by atoms with van der Waals surface area (Å²) in [6, 6.07) is 0. The number of hydrogen-bond acceptors (Lipinski definition) is 5. The predicted molar refractivity (Wildman–Crippen MR) is 71.8 cm³/mol. The van der Waals surface area contributed by atoms with Crippen molar-refractivity contribution in [2.75, 3.05) is 25.0 Å². The van der Waals surface area contributed by atoms with Crippen molar-refractivity contribution in [3.63, 3.8) is 0 Å². The van der Waals surface area contributed by atoms with Gasteiger partial charge in [-0.1, -0.05) is 0 Å². The summed E-state index contributed by atoms with van der Waals surface area (Å²) in [7, 11) is 0. The molecule has 0 spiro atoms. The van der Waals surface area contributed by atoms with Gasteiger partial charge < -0.3 is 15.8 Å². The quantitative estimate of drug-likeness (QED) is 0.771. The lowest BCUT2D eigenvalue weighted by atomic mass is 10.0. The van der Waals surface area contributed by atoms with E-state index in [0.29, 0.717) is 17.9 Å². The average Bonchev–Trinajstić information content (AvgIpc) is 3.11. The molecule has 0 atom stereocenters. The SMILES string of the molecule is CCOc1ncnc(NCC2(CCN)CC2)c1C. The molecular weight excluding hydrogens is 228 g/mol. The fraction of sp³-hybridized carbons (Fsp3) is 0.692. The molecule has 0 aromatic carbocycles. The monoisotopic (exact) mass is 250 g/mol. The van der Waals surface area contributed by atoms with Crippen LogP contribution < -0.4 is 15.8 Å². The summed E-state index contributed by atoms with van der Waals surface area (Å²) in [5.41, 5.74) is 7.02. The van der Waals surface area contributed by atoms with Gasteiger partial charge in [-0.05, 0) is 45.1 Å². The summed E-state index contributed by atoms with van der Waals surface area (Å²) < 4.78 is 5.46. The Kier molecular flexibility index (Phi) is 4.01. The molecule has 0 aliphatic heterocycles. The number of hydrogen-bond donors (Lipinski definition) is 2. The molecule has 5 nitrogen and oxygen atoms in total. The fourth-order valence-electron chi connectivity index (χ4n) is 2.16. The summed E-state index contributed by atoms with van der Waals surface area (Å²) in [4.78, 5) is 8.41. The van der Waals surface area contributed by atoms with Gasteiger partial charge in [-0.2, -0.15) is 0 Å². The third kappa shape index (κ3) is 2.90. The molecule has 0 unspecified atom stereocenters. The van der Waals surface area contributed by atoms with E-state index in [1.165, 1.54) is 12.8 Å². The molecule has 2 rings (SSSR count). The second-order valence-electron chi connectivity index (χ2n) is 4.98. The molecule has 1 aliphatic rings. The zero-order valence-corrected chi connectivity index (χ0v) is 11.2. The van der Waals surface area contributed by atoms with Crippen LogP contribution in [0.3, 0.4) is 0 Å². The van der Waals surface area contributed by atoms with E-state index in [0.717, 1.165) is 30.9 Å². The van der Waals surface area contributed by atoms with Crippen LogP contribution in [0.5, 0.6) is 5.88 Å². The smallest absolute Gasteiger partial charge is 0.221 e. The largest absolute Gasteiger partial charge is 0.478 e. The van der Waals surface area contributed by atoms with Crippen LogP contribution in [0.4, 0.5) is 5.82 Å². The Morgan fingerprint density at radius 3 is 2.83 bits per heavy atom. The topological polar surface area (TPSA) is 73.1 Å². The van der Waals surface area contributed by atoms with Gasteiger partial charge in [-0.3, -0.25) is 0 Å². The summed E-state index contributed by atoms with van der Waals surface area (Å²) >= 11 is 0. The van der Waals surface area contributed by atoms with Crippen molar-refractivity contribution in [3.8, 4) is 5.88 Å². The molecule has 0 saturated heterocycles. The van der Waals surface area contributed by atoms with E-state index in [1.807, 2.05) is 13.8 Å². The summed E-state index contributed by atoms with van der Waals surface area (Å²) in [6.45, 7) is 6.25. The minimum Gasteiger partial charge on any atom is -0.478 e. The Morgan fingerprint density at radius 1 is 1.44 bits per heavy atom. The Bertz CT molecular complexity index is 404. The van der Waals surface area contributed by atoms with Crippen molar-refractivity contribution in [3.05, 3.63) is 11.9 Å². The van der Waals surface area contributed by atoms with E-state index in [4.69, 9.17) is 10.5 Å². The van der Waals surface area contributed by atoms with Gasteiger partial charge in [0.05, 0.1) is 12.2 Å². The molecule has 100 valence electrons. The van der Waals surface area contributed by atoms with Crippen LogP contribution in [0.15, 0.2) is 6.33 Å². The highest BCUT2D eigenvalue weighted by Gasteiger charge is 2.41. The molecule has 1 saturated carbocycles. The van der Waals surface area contributed by atoms with Gasteiger partial charge in [0, 0.05) is 6.54 Å². The van der Waals surface area contributed by atoms with Gasteiger partial charge in [0.25, 0.3) is 0 Å². The van der Waals surface area contributed by atoms with Gasteiger partial charge >= 0.3 is 0 Å². The van der Waals surface area contributed by atoms with Crippen molar-refractivity contribution in [2.45, 2.75) is 33.1 Å². The Labute approximate surface area is 108 Å². The minimum absolute atomic E-state index is 0.401. The Morgan fingerprint density at radius 2 is 2.22 bits per heavy atom. The molecule has 3 N–H and O–H groups in total. The molecule has 1 fully saturated rings. The first-order valence-corrected chi connectivity index (χ1v) is 6.59. The van der Waals surface area contributed by atoms with Crippen LogP contribution in [-0.2, 0) is 0 Å². The maximum Gasteiger partial charge on any atom is 0.221 e. The molecule has 1 aromatic heterocycles. The molecule has 5 heteroatoms. The highest BCUT2D eigenvalue weighted by Crippen LogP contribution is 2.48. The van der Waals surface area contributed by atoms with Crippen LogP contribution in [0, 0.1) is 12.3 Å². The zero-order valence-electron chi connectivity index (χ0n) is 11.2. The number of rotatable bonds is 7. The number of nitrogens with two attached hydrogens (primary N) is 1. The first kappa shape index (κ1) is 13.1. The van der Waals surface area contributed by atoms with E-state index < -0.39 is 0 Å². The van der Waals surface area contributed by atoms with Crippen LogP contribution in [0.1, 0.15) is 31.7 Å². The van der Waals surface area contributed by atoms with Gasteiger partial charge in [0.15, 0.2) is 0 Å². The van der Waals surface area contributed by atoms with E-state index in [9.17, 15) is 0 Å². The van der Waals surface area contributed by atoms with Gasteiger partial charge in [-0.15, -0.1) is 0 Å². The van der Waals surface area contributed by atoms with Crippen molar-refractivity contribution < 1.29 is 4.74 Å². The first-order valence-electron chi connectivity index (χ1n) is 6.59. The molecule has 1 aromatic rings. The van der Waals surface area contributed by atoms with E-state index >= 15 is 0 Å². The molecule has 1 heterocycles. The van der Waals surface area contributed by atoms with Crippen molar-refractivity contribution >= 4 is 5.82 Å². The number of ether oxygens (including phenoxy) is 1. The van der Waals surface area contributed by atoms with Crippen molar-refractivity contribution in [1.82, 2.24) is 9.97 Å².